The number of rotatable bonds is 6. The van der Waals surface area contributed by atoms with Gasteiger partial charge in [0.15, 0.2) is 11.5 Å². The Labute approximate surface area is 112 Å². The summed E-state index contributed by atoms with van der Waals surface area (Å²) in [5, 5.41) is 5.87. The number of nitrogens with one attached hydrogen (secondary N) is 2. The summed E-state index contributed by atoms with van der Waals surface area (Å²) in [6.45, 7) is 6.66. The fourth-order valence-electron chi connectivity index (χ4n) is 1.85. The van der Waals surface area contributed by atoms with E-state index in [2.05, 4.69) is 17.2 Å². The van der Waals surface area contributed by atoms with E-state index in [9.17, 15) is 4.79 Å². The molecule has 1 aliphatic heterocycles. The molecule has 0 radical (unpaired) electrons. The van der Waals surface area contributed by atoms with Crippen LogP contribution in [0, 0.1) is 0 Å². The third-order valence-electron chi connectivity index (χ3n) is 2.85. The number of carbonyl (C=O) groups excluding carboxylic acids is 1. The van der Waals surface area contributed by atoms with Gasteiger partial charge in [0.1, 0.15) is 0 Å². The molecule has 5 nitrogen and oxygen atoms in total. The van der Waals surface area contributed by atoms with Gasteiger partial charge in [-0.2, -0.15) is 0 Å². The largest absolute Gasteiger partial charge is 0.454 e. The molecule has 0 aliphatic carbocycles. The van der Waals surface area contributed by atoms with E-state index < -0.39 is 0 Å². The van der Waals surface area contributed by atoms with Crippen molar-refractivity contribution in [2.45, 2.75) is 13.0 Å². The van der Waals surface area contributed by atoms with Crippen LogP contribution in [-0.4, -0.2) is 25.8 Å². The number of amides is 1. The van der Waals surface area contributed by atoms with Crippen LogP contribution in [0.4, 0.5) is 0 Å². The maximum Gasteiger partial charge on any atom is 0.234 e. The van der Waals surface area contributed by atoms with E-state index in [0.29, 0.717) is 6.54 Å². The molecule has 2 rings (SSSR count). The molecule has 1 unspecified atom stereocenters. The Hall–Kier alpha value is -2.01. The van der Waals surface area contributed by atoms with Gasteiger partial charge in [0, 0.05) is 6.54 Å². The van der Waals surface area contributed by atoms with E-state index in [0.717, 1.165) is 17.1 Å². The first-order valence-corrected chi connectivity index (χ1v) is 6.21. The fraction of sp³-hybridized carbons (Fsp3) is 0.357. The first-order chi connectivity index (χ1) is 9.20. The molecule has 2 N–H and O–H groups in total. The van der Waals surface area contributed by atoms with Gasteiger partial charge in [0.2, 0.25) is 12.7 Å². The van der Waals surface area contributed by atoms with Crippen molar-refractivity contribution in [2.75, 3.05) is 19.9 Å². The smallest absolute Gasteiger partial charge is 0.234 e. The van der Waals surface area contributed by atoms with Crippen LogP contribution in [0.5, 0.6) is 11.5 Å². The highest BCUT2D eigenvalue weighted by molar-refractivity contribution is 5.78. The van der Waals surface area contributed by atoms with Gasteiger partial charge in [0.05, 0.1) is 12.6 Å². The van der Waals surface area contributed by atoms with Crippen molar-refractivity contribution >= 4 is 5.91 Å². The fourth-order valence-corrected chi connectivity index (χ4v) is 1.85. The highest BCUT2D eigenvalue weighted by atomic mass is 16.7. The summed E-state index contributed by atoms with van der Waals surface area (Å²) in [6, 6.07) is 5.60. The molecule has 0 aromatic heterocycles. The van der Waals surface area contributed by atoms with Crippen LogP contribution >= 0.6 is 0 Å². The van der Waals surface area contributed by atoms with Crippen molar-refractivity contribution in [2.24, 2.45) is 0 Å². The van der Waals surface area contributed by atoms with Crippen LogP contribution in [0.1, 0.15) is 18.5 Å². The minimum Gasteiger partial charge on any atom is -0.454 e. The molecule has 0 bridgehead atoms. The van der Waals surface area contributed by atoms with Crippen LogP contribution < -0.4 is 20.1 Å². The Morgan fingerprint density at radius 2 is 2.26 bits per heavy atom. The maximum absolute atomic E-state index is 11.7. The second-order valence-electron chi connectivity index (χ2n) is 4.32. The van der Waals surface area contributed by atoms with Gasteiger partial charge in [-0.05, 0) is 24.6 Å². The van der Waals surface area contributed by atoms with E-state index in [1.807, 2.05) is 25.1 Å². The van der Waals surface area contributed by atoms with Crippen molar-refractivity contribution in [1.82, 2.24) is 10.6 Å². The first-order valence-electron chi connectivity index (χ1n) is 6.21. The van der Waals surface area contributed by atoms with Crippen LogP contribution in [-0.2, 0) is 4.79 Å². The van der Waals surface area contributed by atoms with E-state index in [4.69, 9.17) is 9.47 Å². The normalized spacial score (nSPS) is 13.9. The summed E-state index contributed by atoms with van der Waals surface area (Å²) in [7, 11) is 0. The number of fused-ring (bicyclic) bond motifs is 1. The lowest BCUT2D eigenvalue weighted by Crippen LogP contribution is -2.35. The Kier molecular flexibility index (Phi) is 4.41. The van der Waals surface area contributed by atoms with Crippen molar-refractivity contribution in [3.8, 4) is 11.5 Å². The van der Waals surface area contributed by atoms with E-state index in [1.165, 1.54) is 0 Å². The Morgan fingerprint density at radius 1 is 1.47 bits per heavy atom. The highest BCUT2D eigenvalue weighted by Crippen LogP contribution is 2.34. The summed E-state index contributed by atoms with van der Waals surface area (Å²) in [6.07, 6.45) is 1.72. The summed E-state index contributed by atoms with van der Waals surface area (Å²) in [4.78, 5) is 11.7. The summed E-state index contributed by atoms with van der Waals surface area (Å²) in [5.74, 6) is 1.42. The molecule has 1 atom stereocenters. The van der Waals surface area contributed by atoms with Gasteiger partial charge < -0.3 is 20.1 Å². The lowest BCUT2D eigenvalue weighted by atomic mass is 10.1. The minimum absolute atomic E-state index is 0.0491. The average molecular weight is 262 g/mol. The first kappa shape index (κ1) is 13.4. The van der Waals surface area contributed by atoms with Crippen LogP contribution in [0.25, 0.3) is 0 Å². The number of benzene rings is 1. The maximum atomic E-state index is 11.7. The van der Waals surface area contributed by atoms with E-state index in [-0.39, 0.29) is 25.3 Å². The lowest BCUT2D eigenvalue weighted by Gasteiger charge is -2.15. The molecule has 0 saturated carbocycles. The van der Waals surface area contributed by atoms with Crippen LogP contribution in [0.2, 0.25) is 0 Å². The Morgan fingerprint density at radius 3 is 3.05 bits per heavy atom. The summed E-state index contributed by atoms with van der Waals surface area (Å²) < 4.78 is 10.6. The van der Waals surface area contributed by atoms with Crippen LogP contribution in [0.15, 0.2) is 30.9 Å². The van der Waals surface area contributed by atoms with Crippen molar-refractivity contribution in [1.29, 1.82) is 0 Å². The number of carbonyl (C=O) groups is 1. The van der Waals surface area contributed by atoms with Gasteiger partial charge >= 0.3 is 0 Å². The molecule has 1 aliphatic rings. The molecule has 1 amide bonds. The van der Waals surface area contributed by atoms with E-state index in [1.54, 1.807) is 6.08 Å². The van der Waals surface area contributed by atoms with Gasteiger partial charge in [-0.25, -0.2) is 0 Å². The molecule has 0 spiro atoms. The second-order valence-corrected chi connectivity index (χ2v) is 4.32. The molecule has 0 fully saturated rings. The Bertz CT molecular complexity index is 474. The van der Waals surface area contributed by atoms with Crippen molar-refractivity contribution in [3.63, 3.8) is 0 Å². The third-order valence-corrected chi connectivity index (χ3v) is 2.85. The van der Waals surface area contributed by atoms with Gasteiger partial charge in [0.25, 0.3) is 0 Å². The van der Waals surface area contributed by atoms with Crippen molar-refractivity contribution in [3.05, 3.63) is 36.4 Å². The molecule has 1 heterocycles. The zero-order valence-electron chi connectivity index (χ0n) is 10.9. The lowest BCUT2D eigenvalue weighted by molar-refractivity contribution is -0.120. The minimum atomic E-state index is -0.0764. The average Bonchev–Trinajstić information content (AvgIpc) is 2.86. The monoisotopic (exact) mass is 262 g/mol. The number of ether oxygens (including phenoxy) is 2. The number of hydrogen-bond donors (Lipinski definition) is 2. The Balaban J connectivity index is 1.90. The van der Waals surface area contributed by atoms with E-state index >= 15 is 0 Å². The zero-order valence-corrected chi connectivity index (χ0v) is 10.9. The molecule has 5 heteroatoms. The van der Waals surface area contributed by atoms with Crippen LogP contribution in [0.3, 0.4) is 0 Å². The summed E-state index contributed by atoms with van der Waals surface area (Å²) in [5.41, 5.74) is 0.987. The molecule has 0 saturated heterocycles. The third kappa shape index (κ3) is 3.48. The molecule has 1 aromatic carbocycles. The molecule has 19 heavy (non-hydrogen) atoms. The zero-order chi connectivity index (χ0) is 13.7. The molecule has 1 aromatic rings. The van der Waals surface area contributed by atoms with Gasteiger partial charge in [-0.3, -0.25) is 4.79 Å². The standard InChI is InChI=1S/C14H18N2O3/c1-3-6-15-8-14(17)16-10(2)11-4-5-12-13(7-11)19-9-18-12/h3-5,7,10,15H,1,6,8-9H2,2H3,(H,16,17). The second kappa shape index (κ2) is 6.24. The predicted molar refractivity (Wildman–Crippen MR) is 72.2 cm³/mol. The molecular weight excluding hydrogens is 244 g/mol. The van der Waals surface area contributed by atoms with Gasteiger partial charge in [-0.15, -0.1) is 6.58 Å². The quantitative estimate of drug-likeness (QED) is 0.600. The summed E-state index contributed by atoms with van der Waals surface area (Å²) >= 11 is 0. The topological polar surface area (TPSA) is 59.6 Å². The predicted octanol–water partition coefficient (Wildman–Crippen LogP) is 1.37. The molecule has 102 valence electrons. The number of hydrogen-bond acceptors (Lipinski definition) is 4. The SMILES string of the molecule is C=CCNCC(=O)NC(C)c1ccc2c(c1)OCO2. The van der Waals surface area contributed by atoms with Gasteiger partial charge in [-0.1, -0.05) is 12.1 Å². The molecular formula is C14H18N2O3. The highest BCUT2D eigenvalue weighted by Gasteiger charge is 2.16. The van der Waals surface area contributed by atoms with Crippen molar-refractivity contribution < 1.29 is 14.3 Å².